The van der Waals surface area contributed by atoms with E-state index in [1.165, 1.54) is 30.6 Å². The second-order valence-corrected chi connectivity index (χ2v) is 6.98. The fourth-order valence-electron chi connectivity index (χ4n) is 3.55. The number of nitrogens with one attached hydrogen (secondary N) is 1. The van der Waals surface area contributed by atoms with Gasteiger partial charge in [0, 0.05) is 25.2 Å². The molecule has 0 bridgehead atoms. The van der Waals surface area contributed by atoms with Gasteiger partial charge in [0.2, 0.25) is 0 Å². The lowest BCUT2D eigenvalue weighted by Gasteiger charge is -2.35. The van der Waals surface area contributed by atoms with Crippen LogP contribution in [0.2, 0.25) is 0 Å². The van der Waals surface area contributed by atoms with E-state index in [4.69, 9.17) is 0 Å². The normalized spacial score (nSPS) is 22.0. The number of nitrogens with zero attached hydrogens (tertiary/aromatic N) is 1. The first-order chi connectivity index (χ1) is 9.52. The standard InChI is InChI=1S/C18H30N2/c1-13(2)11-20(12-14(3)4)17-10-15-8-6-7-9-16(15)18(17)19-5/h6-9,13-14,17-19H,10-12H2,1-5H3. The monoisotopic (exact) mass is 274 g/mol. The topological polar surface area (TPSA) is 15.3 Å². The molecule has 0 fully saturated rings. The maximum atomic E-state index is 3.56. The maximum absolute atomic E-state index is 3.56. The van der Waals surface area contributed by atoms with E-state index >= 15 is 0 Å². The number of likely N-dealkylation sites (N-methyl/N-ethyl adjacent to an activating group) is 1. The minimum absolute atomic E-state index is 0.476. The van der Waals surface area contributed by atoms with Gasteiger partial charge in [0.05, 0.1) is 0 Å². The molecule has 1 N–H and O–H groups in total. The highest BCUT2D eigenvalue weighted by Crippen LogP contribution is 2.34. The Morgan fingerprint density at radius 3 is 2.25 bits per heavy atom. The SMILES string of the molecule is CNC1c2ccccc2CC1N(CC(C)C)CC(C)C. The first-order valence-electron chi connectivity index (χ1n) is 8.02. The predicted molar refractivity (Wildman–Crippen MR) is 87.0 cm³/mol. The molecule has 0 spiro atoms. The van der Waals surface area contributed by atoms with Crippen LogP contribution < -0.4 is 5.32 Å². The summed E-state index contributed by atoms with van der Waals surface area (Å²) in [4.78, 5) is 2.70. The van der Waals surface area contributed by atoms with E-state index in [2.05, 4.69) is 69.2 Å². The van der Waals surface area contributed by atoms with Gasteiger partial charge in [-0.1, -0.05) is 52.0 Å². The summed E-state index contributed by atoms with van der Waals surface area (Å²) in [5, 5.41) is 3.56. The third-order valence-corrected chi connectivity index (χ3v) is 4.18. The molecule has 0 saturated carbocycles. The quantitative estimate of drug-likeness (QED) is 0.854. The molecule has 2 nitrogen and oxygen atoms in total. The minimum atomic E-state index is 0.476. The second kappa shape index (κ2) is 6.73. The molecular formula is C18H30N2. The van der Waals surface area contributed by atoms with Crippen LogP contribution in [-0.4, -0.2) is 31.1 Å². The summed E-state index contributed by atoms with van der Waals surface area (Å²) < 4.78 is 0. The second-order valence-electron chi connectivity index (χ2n) is 6.98. The molecule has 0 saturated heterocycles. The van der Waals surface area contributed by atoms with E-state index < -0.39 is 0 Å². The predicted octanol–water partition coefficient (Wildman–Crippen LogP) is 3.49. The molecular weight excluding hydrogens is 244 g/mol. The number of rotatable bonds is 6. The van der Waals surface area contributed by atoms with Gasteiger partial charge in [-0.05, 0) is 36.4 Å². The molecule has 0 heterocycles. The van der Waals surface area contributed by atoms with E-state index in [9.17, 15) is 0 Å². The van der Waals surface area contributed by atoms with Gasteiger partial charge in [0.15, 0.2) is 0 Å². The van der Waals surface area contributed by atoms with Crippen LogP contribution in [0.1, 0.15) is 44.9 Å². The molecule has 20 heavy (non-hydrogen) atoms. The van der Waals surface area contributed by atoms with E-state index in [1.807, 2.05) is 0 Å². The zero-order valence-electron chi connectivity index (χ0n) is 13.7. The third-order valence-electron chi connectivity index (χ3n) is 4.18. The highest BCUT2D eigenvalue weighted by molar-refractivity contribution is 5.37. The van der Waals surface area contributed by atoms with Crippen molar-refractivity contribution in [1.29, 1.82) is 0 Å². The summed E-state index contributed by atoms with van der Waals surface area (Å²) in [6.07, 6.45) is 1.18. The number of hydrogen-bond donors (Lipinski definition) is 1. The van der Waals surface area contributed by atoms with Crippen LogP contribution in [0.5, 0.6) is 0 Å². The number of hydrogen-bond acceptors (Lipinski definition) is 2. The summed E-state index contributed by atoms with van der Waals surface area (Å²) in [6.45, 7) is 11.7. The zero-order valence-corrected chi connectivity index (χ0v) is 13.7. The Morgan fingerprint density at radius 1 is 1.10 bits per heavy atom. The summed E-state index contributed by atoms with van der Waals surface area (Å²) in [6, 6.07) is 10.00. The molecule has 112 valence electrons. The Kier molecular flexibility index (Phi) is 5.22. The molecule has 0 aromatic heterocycles. The fraction of sp³-hybridized carbons (Fsp3) is 0.667. The van der Waals surface area contributed by atoms with Gasteiger partial charge in [0.25, 0.3) is 0 Å². The van der Waals surface area contributed by atoms with Gasteiger partial charge < -0.3 is 5.32 Å². The van der Waals surface area contributed by atoms with Crippen LogP contribution in [0, 0.1) is 11.8 Å². The first kappa shape index (κ1) is 15.5. The lowest BCUT2D eigenvalue weighted by atomic mass is 10.0. The molecule has 1 aliphatic rings. The molecule has 2 atom stereocenters. The van der Waals surface area contributed by atoms with Crippen LogP contribution in [0.3, 0.4) is 0 Å². The van der Waals surface area contributed by atoms with Crippen LogP contribution in [-0.2, 0) is 6.42 Å². The minimum Gasteiger partial charge on any atom is -0.312 e. The first-order valence-corrected chi connectivity index (χ1v) is 8.02. The van der Waals surface area contributed by atoms with Crippen molar-refractivity contribution in [3.63, 3.8) is 0 Å². The highest BCUT2D eigenvalue weighted by Gasteiger charge is 2.35. The molecule has 1 aliphatic carbocycles. The van der Waals surface area contributed by atoms with Gasteiger partial charge in [-0.2, -0.15) is 0 Å². The van der Waals surface area contributed by atoms with Crippen molar-refractivity contribution >= 4 is 0 Å². The van der Waals surface area contributed by atoms with Crippen LogP contribution in [0.15, 0.2) is 24.3 Å². The van der Waals surface area contributed by atoms with Crippen molar-refractivity contribution in [3.8, 4) is 0 Å². The number of benzene rings is 1. The van der Waals surface area contributed by atoms with Gasteiger partial charge in [-0.15, -0.1) is 0 Å². The van der Waals surface area contributed by atoms with E-state index in [0.29, 0.717) is 12.1 Å². The fourth-order valence-corrected chi connectivity index (χ4v) is 3.55. The Labute approximate surface area is 124 Å². The van der Waals surface area contributed by atoms with Crippen molar-refractivity contribution in [2.45, 2.75) is 46.2 Å². The highest BCUT2D eigenvalue weighted by atomic mass is 15.2. The number of fused-ring (bicyclic) bond motifs is 1. The van der Waals surface area contributed by atoms with Crippen LogP contribution in [0.25, 0.3) is 0 Å². The van der Waals surface area contributed by atoms with E-state index in [0.717, 1.165) is 11.8 Å². The third kappa shape index (κ3) is 3.42. The van der Waals surface area contributed by atoms with Gasteiger partial charge >= 0.3 is 0 Å². The summed E-state index contributed by atoms with van der Waals surface area (Å²) in [5.74, 6) is 1.44. The Bertz CT molecular complexity index is 415. The Morgan fingerprint density at radius 2 is 1.70 bits per heavy atom. The Hall–Kier alpha value is -0.860. The van der Waals surface area contributed by atoms with Crippen LogP contribution in [0.4, 0.5) is 0 Å². The molecule has 1 aromatic carbocycles. The van der Waals surface area contributed by atoms with Crippen molar-refractivity contribution in [1.82, 2.24) is 10.2 Å². The molecule has 2 unspecified atom stereocenters. The zero-order chi connectivity index (χ0) is 14.7. The molecule has 2 rings (SSSR count). The molecule has 0 aliphatic heterocycles. The van der Waals surface area contributed by atoms with E-state index in [-0.39, 0.29) is 0 Å². The van der Waals surface area contributed by atoms with Crippen molar-refractivity contribution in [2.75, 3.05) is 20.1 Å². The van der Waals surface area contributed by atoms with Crippen LogP contribution >= 0.6 is 0 Å². The summed E-state index contributed by atoms with van der Waals surface area (Å²) >= 11 is 0. The van der Waals surface area contributed by atoms with Gasteiger partial charge in [0.1, 0.15) is 0 Å². The molecule has 0 amide bonds. The van der Waals surface area contributed by atoms with Crippen molar-refractivity contribution < 1.29 is 0 Å². The van der Waals surface area contributed by atoms with E-state index in [1.54, 1.807) is 0 Å². The average Bonchev–Trinajstić information content (AvgIpc) is 2.75. The summed E-state index contributed by atoms with van der Waals surface area (Å²) in [5.41, 5.74) is 3.02. The van der Waals surface area contributed by atoms with Crippen molar-refractivity contribution in [2.24, 2.45) is 11.8 Å². The molecule has 2 heteroatoms. The van der Waals surface area contributed by atoms with Gasteiger partial charge in [-0.25, -0.2) is 0 Å². The largest absolute Gasteiger partial charge is 0.312 e. The average molecular weight is 274 g/mol. The van der Waals surface area contributed by atoms with Crippen molar-refractivity contribution in [3.05, 3.63) is 35.4 Å². The lowest BCUT2D eigenvalue weighted by Crippen LogP contribution is -2.45. The Balaban J connectivity index is 2.21. The maximum Gasteiger partial charge on any atom is 0.0481 e. The smallest absolute Gasteiger partial charge is 0.0481 e. The molecule has 0 radical (unpaired) electrons. The lowest BCUT2D eigenvalue weighted by molar-refractivity contribution is 0.135. The summed E-state index contributed by atoms with van der Waals surface area (Å²) in [7, 11) is 2.10. The molecule has 1 aromatic rings. The van der Waals surface area contributed by atoms with Gasteiger partial charge in [-0.3, -0.25) is 4.90 Å².